The van der Waals surface area contributed by atoms with Crippen LogP contribution >= 0.6 is 0 Å². The maximum Gasteiger partial charge on any atom is 0.418 e. The second-order valence-electron chi connectivity index (χ2n) is 5.12. The van der Waals surface area contributed by atoms with E-state index in [1.165, 1.54) is 6.07 Å². The van der Waals surface area contributed by atoms with Gasteiger partial charge in [0.2, 0.25) is 0 Å². The molecule has 0 aliphatic heterocycles. The molecule has 5 heteroatoms. The first-order valence-corrected chi connectivity index (χ1v) is 6.51. The van der Waals surface area contributed by atoms with Crippen molar-refractivity contribution in [3.8, 4) is 0 Å². The van der Waals surface area contributed by atoms with Crippen LogP contribution in [0.1, 0.15) is 38.7 Å². The number of alkyl halides is 3. The smallest absolute Gasteiger partial charge is 0.398 e. The van der Waals surface area contributed by atoms with Gasteiger partial charge in [-0.05, 0) is 30.5 Å². The molecule has 19 heavy (non-hydrogen) atoms. The molecule has 1 rings (SSSR count). The topological polar surface area (TPSA) is 38.0 Å². The predicted molar refractivity (Wildman–Crippen MR) is 73.0 cm³/mol. The molecule has 1 aromatic carbocycles. The Labute approximate surface area is 112 Å². The van der Waals surface area contributed by atoms with Crippen molar-refractivity contribution in [1.29, 1.82) is 0 Å². The van der Waals surface area contributed by atoms with Crippen molar-refractivity contribution in [2.45, 2.75) is 39.3 Å². The number of anilines is 2. The van der Waals surface area contributed by atoms with Gasteiger partial charge in [-0.3, -0.25) is 0 Å². The lowest BCUT2D eigenvalue weighted by atomic mass is 10.1. The van der Waals surface area contributed by atoms with Gasteiger partial charge in [-0.15, -0.1) is 0 Å². The minimum atomic E-state index is -4.40. The third-order valence-corrected chi connectivity index (χ3v) is 2.90. The minimum Gasteiger partial charge on any atom is -0.398 e. The fourth-order valence-corrected chi connectivity index (χ4v) is 1.82. The van der Waals surface area contributed by atoms with E-state index < -0.39 is 11.7 Å². The van der Waals surface area contributed by atoms with E-state index in [1.807, 2.05) is 0 Å². The summed E-state index contributed by atoms with van der Waals surface area (Å²) in [6, 6.07) is 3.93. The minimum absolute atomic E-state index is 0.238. The van der Waals surface area contributed by atoms with Gasteiger partial charge in [0.1, 0.15) is 0 Å². The summed E-state index contributed by atoms with van der Waals surface area (Å²) in [7, 11) is 0. The number of halogens is 3. The van der Waals surface area contributed by atoms with Crippen LogP contribution in [-0.2, 0) is 6.18 Å². The molecule has 0 bridgehead atoms. The maximum atomic E-state index is 12.7. The highest BCUT2D eigenvalue weighted by Gasteiger charge is 2.33. The average molecular weight is 274 g/mol. The van der Waals surface area contributed by atoms with Crippen molar-refractivity contribution in [2.75, 3.05) is 17.6 Å². The standard InChI is InChI=1S/C14H21F3N2/c1-10(2)5-3-4-8-19-11-6-7-13(18)12(9-11)14(15,16)17/h6-7,9-10,19H,3-5,8,18H2,1-2H3. The van der Waals surface area contributed by atoms with Crippen molar-refractivity contribution >= 4 is 11.4 Å². The van der Waals surface area contributed by atoms with Crippen molar-refractivity contribution < 1.29 is 13.2 Å². The SMILES string of the molecule is CC(C)CCCCNc1ccc(N)c(C(F)(F)F)c1. The Balaban J connectivity index is 2.51. The Morgan fingerprint density at radius 1 is 1.21 bits per heavy atom. The fraction of sp³-hybridized carbons (Fsp3) is 0.571. The molecular weight excluding hydrogens is 253 g/mol. The summed E-state index contributed by atoms with van der Waals surface area (Å²) < 4.78 is 38.0. The molecule has 108 valence electrons. The van der Waals surface area contributed by atoms with Crippen LogP contribution < -0.4 is 11.1 Å². The second-order valence-corrected chi connectivity index (χ2v) is 5.12. The van der Waals surface area contributed by atoms with Crippen LogP contribution in [0.4, 0.5) is 24.5 Å². The number of nitrogens with two attached hydrogens (primary N) is 1. The van der Waals surface area contributed by atoms with E-state index in [4.69, 9.17) is 5.73 Å². The molecule has 0 spiro atoms. The Bertz CT molecular complexity index is 400. The molecule has 0 aliphatic rings. The summed E-state index contributed by atoms with van der Waals surface area (Å²) in [6.45, 7) is 4.99. The van der Waals surface area contributed by atoms with Crippen molar-refractivity contribution in [3.63, 3.8) is 0 Å². The van der Waals surface area contributed by atoms with Crippen molar-refractivity contribution in [2.24, 2.45) is 5.92 Å². The van der Waals surface area contributed by atoms with Gasteiger partial charge in [-0.25, -0.2) is 0 Å². The molecule has 0 radical (unpaired) electrons. The quantitative estimate of drug-likeness (QED) is 0.591. The first-order valence-electron chi connectivity index (χ1n) is 6.51. The number of benzene rings is 1. The van der Waals surface area contributed by atoms with Crippen LogP contribution in [0.2, 0.25) is 0 Å². The van der Waals surface area contributed by atoms with Gasteiger partial charge in [0.05, 0.1) is 5.56 Å². The highest BCUT2D eigenvalue weighted by Crippen LogP contribution is 2.35. The number of rotatable bonds is 6. The first kappa shape index (κ1) is 15.7. The molecule has 0 saturated heterocycles. The van der Waals surface area contributed by atoms with Gasteiger partial charge >= 0.3 is 6.18 Å². The Morgan fingerprint density at radius 2 is 1.89 bits per heavy atom. The Morgan fingerprint density at radius 3 is 2.47 bits per heavy atom. The highest BCUT2D eigenvalue weighted by atomic mass is 19.4. The van der Waals surface area contributed by atoms with E-state index in [-0.39, 0.29) is 5.69 Å². The molecule has 0 heterocycles. The third kappa shape index (κ3) is 5.41. The van der Waals surface area contributed by atoms with E-state index in [0.29, 0.717) is 18.2 Å². The number of nitrogens with one attached hydrogen (secondary N) is 1. The zero-order chi connectivity index (χ0) is 14.5. The molecule has 0 aromatic heterocycles. The van der Waals surface area contributed by atoms with Crippen LogP contribution in [0.3, 0.4) is 0 Å². The molecule has 0 fully saturated rings. The van der Waals surface area contributed by atoms with Gasteiger partial charge in [-0.1, -0.05) is 26.7 Å². The molecule has 0 atom stereocenters. The Hall–Kier alpha value is -1.39. The Kier molecular flexibility index (Phi) is 5.51. The number of hydrogen-bond acceptors (Lipinski definition) is 2. The summed E-state index contributed by atoms with van der Waals surface area (Å²) in [5.74, 6) is 0.661. The largest absolute Gasteiger partial charge is 0.418 e. The van der Waals surface area contributed by atoms with Gasteiger partial charge in [0, 0.05) is 17.9 Å². The highest BCUT2D eigenvalue weighted by molar-refractivity contribution is 5.58. The van der Waals surface area contributed by atoms with E-state index in [0.717, 1.165) is 25.3 Å². The van der Waals surface area contributed by atoms with Crippen LogP contribution in [0.5, 0.6) is 0 Å². The molecular formula is C14H21F3N2. The number of unbranched alkanes of at least 4 members (excludes halogenated alkanes) is 1. The second kappa shape index (κ2) is 6.68. The van der Waals surface area contributed by atoms with Crippen molar-refractivity contribution in [3.05, 3.63) is 23.8 Å². The van der Waals surface area contributed by atoms with Crippen LogP contribution in [0.25, 0.3) is 0 Å². The fourth-order valence-electron chi connectivity index (χ4n) is 1.82. The molecule has 2 nitrogen and oxygen atoms in total. The lowest BCUT2D eigenvalue weighted by Gasteiger charge is -2.13. The number of hydrogen-bond donors (Lipinski definition) is 2. The first-order chi connectivity index (χ1) is 8.80. The van der Waals surface area contributed by atoms with Gasteiger partial charge < -0.3 is 11.1 Å². The van der Waals surface area contributed by atoms with E-state index >= 15 is 0 Å². The van der Waals surface area contributed by atoms with Gasteiger partial charge in [0.15, 0.2) is 0 Å². The molecule has 1 aromatic rings. The summed E-state index contributed by atoms with van der Waals surface area (Å²) >= 11 is 0. The summed E-state index contributed by atoms with van der Waals surface area (Å²) in [5.41, 5.74) is 4.79. The lowest BCUT2D eigenvalue weighted by Crippen LogP contribution is -2.10. The predicted octanol–water partition coefficient (Wildman–Crippen LogP) is 4.53. The molecule has 0 unspecified atom stereocenters. The average Bonchev–Trinajstić information content (AvgIpc) is 2.28. The van der Waals surface area contributed by atoms with Gasteiger partial charge in [-0.2, -0.15) is 13.2 Å². The van der Waals surface area contributed by atoms with Gasteiger partial charge in [0.25, 0.3) is 0 Å². The summed E-state index contributed by atoms with van der Waals surface area (Å²) in [6.07, 6.45) is -1.24. The van der Waals surface area contributed by atoms with Crippen LogP contribution in [0.15, 0.2) is 18.2 Å². The maximum absolute atomic E-state index is 12.7. The molecule has 0 amide bonds. The lowest BCUT2D eigenvalue weighted by molar-refractivity contribution is -0.136. The normalized spacial score (nSPS) is 11.9. The molecule has 0 saturated carbocycles. The third-order valence-electron chi connectivity index (χ3n) is 2.90. The monoisotopic (exact) mass is 274 g/mol. The summed E-state index contributed by atoms with van der Waals surface area (Å²) in [5, 5.41) is 3.00. The van der Waals surface area contributed by atoms with E-state index in [1.54, 1.807) is 6.07 Å². The number of nitrogen functional groups attached to an aromatic ring is 1. The summed E-state index contributed by atoms with van der Waals surface area (Å²) in [4.78, 5) is 0. The van der Waals surface area contributed by atoms with E-state index in [9.17, 15) is 13.2 Å². The van der Waals surface area contributed by atoms with Crippen LogP contribution in [0, 0.1) is 5.92 Å². The molecule has 0 aliphatic carbocycles. The van der Waals surface area contributed by atoms with E-state index in [2.05, 4.69) is 19.2 Å². The zero-order valence-electron chi connectivity index (χ0n) is 11.3. The molecule has 3 N–H and O–H groups in total. The van der Waals surface area contributed by atoms with Crippen LogP contribution in [-0.4, -0.2) is 6.54 Å². The zero-order valence-corrected chi connectivity index (χ0v) is 11.3. The van der Waals surface area contributed by atoms with Crippen molar-refractivity contribution in [1.82, 2.24) is 0 Å².